The van der Waals surface area contributed by atoms with Crippen LogP contribution in [0.1, 0.15) is 85.9 Å². The molecule has 4 fully saturated rings. The van der Waals surface area contributed by atoms with Crippen LogP contribution in [0.25, 0.3) is 16.7 Å². The number of piperidine rings is 2. The van der Waals surface area contributed by atoms with Crippen LogP contribution in [-0.4, -0.2) is 88.9 Å². The second-order valence-electron chi connectivity index (χ2n) is 15.8. The molecule has 1 aliphatic carbocycles. The molecule has 9 rings (SSSR count). The van der Waals surface area contributed by atoms with Gasteiger partial charge in [-0.1, -0.05) is 6.07 Å². The fraction of sp³-hybridized carbons (Fsp3) is 0.500. The maximum Gasteiger partial charge on any atom is 0.329 e. The molecule has 1 aromatic carbocycles. The number of hydrogen-bond donors (Lipinski definition) is 2. The number of aromatic nitrogens is 7. The standard InChI is InChI=1S/C38H43F2N11O4/c1-46-32-27(4-2-5-28(32)51(37(46)55)29-10-11-30(52)44-36(29)54)48-21-38(22-48)12-16-47(17-13-38)19-23-6-8-24(9-7-23)50-20-26(31(45-50)33(39)40)43-35(53)25-18-42-49-15-3-14-41-34(25)49/h2-5,14-15,18,20,23-24,29,33H,6-13,16-17,19,21-22H2,1H3,(H,43,53)(H,44,52,54). The van der Waals surface area contributed by atoms with E-state index in [1.807, 2.05) is 18.2 Å². The smallest absolute Gasteiger partial charge is 0.329 e. The van der Waals surface area contributed by atoms with Crippen LogP contribution in [0.3, 0.4) is 0 Å². The van der Waals surface area contributed by atoms with E-state index >= 15 is 0 Å². The molecule has 55 heavy (non-hydrogen) atoms. The number of imide groups is 1. The van der Waals surface area contributed by atoms with Gasteiger partial charge in [-0.2, -0.15) is 10.2 Å². The maximum atomic E-state index is 14.1. The van der Waals surface area contributed by atoms with Crippen LogP contribution in [0.5, 0.6) is 0 Å². The van der Waals surface area contributed by atoms with Gasteiger partial charge in [-0.25, -0.2) is 23.1 Å². The number of carbonyl (C=O) groups excluding carboxylic acids is 3. The molecule has 288 valence electrons. The second-order valence-corrected chi connectivity index (χ2v) is 15.8. The average Bonchev–Trinajstić information content (AvgIpc) is 3.86. The Kier molecular flexibility index (Phi) is 8.78. The van der Waals surface area contributed by atoms with Gasteiger partial charge in [0.1, 0.15) is 11.6 Å². The summed E-state index contributed by atoms with van der Waals surface area (Å²) >= 11 is 0. The van der Waals surface area contributed by atoms with Crippen molar-refractivity contribution in [3.05, 3.63) is 70.8 Å². The number of anilines is 2. The number of amides is 3. The minimum absolute atomic E-state index is 0.000526. The van der Waals surface area contributed by atoms with Crippen molar-refractivity contribution in [3.8, 4) is 0 Å². The van der Waals surface area contributed by atoms with E-state index in [1.54, 1.807) is 39.3 Å². The van der Waals surface area contributed by atoms with Gasteiger partial charge in [-0.3, -0.25) is 33.5 Å². The van der Waals surface area contributed by atoms with Crippen LogP contribution in [0.15, 0.2) is 53.8 Å². The summed E-state index contributed by atoms with van der Waals surface area (Å²) in [5.74, 6) is -0.794. The molecule has 4 aliphatic rings. The first-order valence-corrected chi connectivity index (χ1v) is 19.1. The molecule has 3 aliphatic heterocycles. The summed E-state index contributed by atoms with van der Waals surface area (Å²) in [6.07, 6.45) is 9.55. The number of para-hydroxylation sites is 1. The van der Waals surface area contributed by atoms with Gasteiger partial charge in [0.05, 0.1) is 34.6 Å². The average molecular weight is 756 g/mol. The van der Waals surface area contributed by atoms with Crippen molar-refractivity contribution in [2.75, 3.05) is 42.9 Å². The SMILES string of the molecule is Cn1c(=O)n(C2CCC(=O)NC2=O)c2cccc(N3CC4(CCN(CC5CCC(n6cc(NC(=O)c7cnn8cccnc78)c(C(F)F)n6)CC5)CC4)C3)c21. The second kappa shape index (κ2) is 13.7. The molecule has 1 unspecified atom stereocenters. The van der Waals surface area contributed by atoms with Crippen LogP contribution < -0.4 is 21.2 Å². The van der Waals surface area contributed by atoms with Gasteiger partial charge in [-0.15, -0.1) is 0 Å². The number of carbonyl (C=O) groups is 3. The van der Waals surface area contributed by atoms with Gasteiger partial charge in [0.15, 0.2) is 11.3 Å². The molecule has 5 aromatic rings. The van der Waals surface area contributed by atoms with E-state index in [0.29, 0.717) is 23.5 Å². The van der Waals surface area contributed by atoms with E-state index < -0.39 is 30.0 Å². The van der Waals surface area contributed by atoms with Crippen molar-refractivity contribution in [2.45, 2.75) is 69.9 Å². The van der Waals surface area contributed by atoms with Gasteiger partial charge in [0.2, 0.25) is 11.8 Å². The molecule has 7 heterocycles. The first kappa shape index (κ1) is 35.3. The molecule has 3 amide bonds. The third-order valence-corrected chi connectivity index (χ3v) is 12.4. The van der Waals surface area contributed by atoms with Gasteiger partial charge in [0.25, 0.3) is 12.3 Å². The number of benzene rings is 1. The molecular weight excluding hydrogens is 712 g/mol. The Morgan fingerprint density at radius 1 is 1.05 bits per heavy atom. The van der Waals surface area contributed by atoms with Crippen molar-refractivity contribution < 1.29 is 23.2 Å². The molecule has 3 saturated heterocycles. The lowest BCUT2D eigenvalue weighted by Gasteiger charge is -2.55. The lowest BCUT2D eigenvalue weighted by molar-refractivity contribution is -0.135. The van der Waals surface area contributed by atoms with E-state index in [4.69, 9.17) is 0 Å². The van der Waals surface area contributed by atoms with Crippen LogP contribution in [0.4, 0.5) is 20.2 Å². The predicted molar refractivity (Wildman–Crippen MR) is 198 cm³/mol. The van der Waals surface area contributed by atoms with Crippen molar-refractivity contribution in [1.29, 1.82) is 0 Å². The van der Waals surface area contributed by atoms with Crippen molar-refractivity contribution in [1.82, 2.24) is 43.7 Å². The highest BCUT2D eigenvalue weighted by Gasteiger charge is 2.46. The summed E-state index contributed by atoms with van der Waals surface area (Å²) in [4.78, 5) is 60.0. The number of rotatable bonds is 8. The Labute approximate surface area is 314 Å². The highest BCUT2D eigenvalue weighted by atomic mass is 19.3. The number of nitrogens with one attached hydrogen (secondary N) is 2. The number of hydrogen-bond acceptors (Lipinski definition) is 9. The Morgan fingerprint density at radius 2 is 1.84 bits per heavy atom. The summed E-state index contributed by atoms with van der Waals surface area (Å²) in [5, 5.41) is 13.4. The normalized spacial score (nSPS) is 23.1. The minimum Gasteiger partial charge on any atom is -0.369 e. The zero-order chi connectivity index (χ0) is 38.0. The highest BCUT2D eigenvalue weighted by molar-refractivity contribution is 6.08. The zero-order valence-corrected chi connectivity index (χ0v) is 30.5. The van der Waals surface area contributed by atoms with Gasteiger partial charge >= 0.3 is 5.69 Å². The first-order valence-electron chi connectivity index (χ1n) is 19.1. The van der Waals surface area contributed by atoms with Crippen LogP contribution >= 0.6 is 0 Å². The monoisotopic (exact) mass is 755 g/mol. The number of imidazole rings is 1. The lowest BCUT2D eigenvalue weighted by Crippen LogP contribution is -2.60. The van der Waals surface area contributed by atoms with Gasteiger partial charge in [0, 0.05) is 57.1 Å². The van der Waals surface area contributed by atoms with E-state index in [1.165, 1.54) is 16.9 Å². The maximum absolute atomic E-state index is 14.1. The number of halogens is 2. The highest BCUT2D eigenvalue weighted by Crippen LogP contribution is 2.45. The number of fused-ring (bicyclic) bond motifs is 2. The number of alkyl halides is 2. The molecule has 17 heteroatoms. The summed E-state index contributed by atoms with van der Waals surface area (Å²) < 4.78 is 34.3. The molecular formula is C38H43F2N11O4. The molecule has 4 aromatic heterocycles. The molecule has 0 bridgehead atoms. The molecule has 1 atom stereocenters. The van der Waals surface area contributed by atoms with E-state index in [9.17, 15) is 28.0 Å². The number of nitrogens with zero attached hydrogens (tertiary/aromatic N) is 9. The van der Waals surface area contributed by atoms with Crippen molar-refractivity contribution >= 4 is 45.8 Å². The Balaban J connectivity index is 0.786. The van der Waals surface area contributed by atoms with Crippen molar-refractivity contribution in [3.63, 3.8) is 0 Å². The van der Waals surface area contributed by atoms with E-state index in [2.05, 4.69) is 35.6 Å². The predicted octanol–water partition coefficient (Wildman–Crippen LogP) is 4.08. The Hall–Kier alpha value is -5.45. The molecule has 1 saturated carbocycles. The fourth-order valence-corrected chi connectivity index (χ4v) is 9.35. The van der Waals surface area contributed by atoms with Crippen LogP contribution in [-0.2, 0) is 16.6 Å². The van der Waals surface area contributed by atoms with Gasteiger partial charge in [-0.05, 0) is 82.2 Å². The molecule has 0 radical (unpaired) electrons. The van der Waals surface area contributed by atoms with E-state index in [-0.39, 0.29) is 40.7 Å². The van der Waals surface area contributed by atoms with E-state index in [0.717, 1.165) is 82.5 Å². The third kappa shape index (κ3) is 6.27. The minimum atomic E-state index is -2.84. The fourth-order valence-electron chi connectivity index (χ4n) is 9.35. The Bertz CT molecular complexity index is 2360. The zero-order valence-electron chi connectivity index (χ0n) is 30.5. The first-order chi connectivity index (χ1) is 26.6. The Morgan fingerprint density at radius 3 is 2.58 bits per heavy atom. The number of likely N-dealkylation sites (tertiary alicyclic amines) is 1. The molecule has 2 N–H and O–H groups in total. The van der Waals surface area contributed by atoms with Gasteiger partial charge < -0.3 is 15.1 Å². The largest absolute Gasteiger partial charge is 0.369 e. The van der Waals surface area contributed by atoms with Crippen molar-refractivity contribution in [2.24, 2.45) is 18.4 Å². The van der Waals surface area contributed by atoms with Crippen LogP contribution in [0.2, 0.25) is 0 Å². The third-order valence-electron chi connectivity index (χ3n) is 12.4. The number of aryl methyl sites for hydroxylation is 1. The van der Waals surface area contributed by atoms with Crippen LogP contribution in [0, 0.1) is 11.3 Å². The lowest BCUT2D eigenvalue weighted by atomic mass is 9.71. The summed E-state index contributed by atoms with van der Waals surface area (Å²) in [6.45, 7) is 4.87. The topological polar surface area (TPSA) is 157 Å². The summed E-state index contributed by atoms with van der Waals surface area (Å²) in [5.41, 5.74) is 2.55. The summed E-state index contributed by atoms with van der Waals surface area (Å²) in [7, 11) is 1.74. The quantitative estimate of drug-likeness (QED) is 0.223. The summed E-state index contributed by atoms with van der Waals surface area (Å²) in [6, 6.07) is 6.81. The molecule has 1 spiro atoms. The molecule has 15 nitrogen and oxygen atoms in total.